The zero-order valence-electron chi connectivity index (χ0n) is 17.4. The van der Waals surface area contributed by atoms with Gasteiger partial charge in [0.05, 0.1) is 20.1 Å². The summed E-state index contributed by atoms with van der Waals surface area (Å²) in [5.41, 5.74) is 1.98. The van der Waals surface area contributed by atoms with Gasteiger partial charge in [0.2, 0.25) is 0 Å². The summed E-state index contributed by atoms with van der Waals surface area (Å²) in [7, 11) is 3.06. The maximum Gasteiger partial charge on any atom is 0.310 e. The van der Waals surface area contributed by atoms with Crippen molar-refractivity contribution in [3.63, 3.8) is 0 Å². The van der Waals surface area contributed by atoms with Crippen molar-refractivity contribution < 1.29 is 18.7 Å². The number of hydrogen-bond donors (Lipinski definition) is 2. The number of hydrogen-bond acceptors (Lipinski definition) is 5. The van der Waals surface area contributed by atoms with Crippen LogP contribution in [-0.2, 0) is 16.1 Å². The van der Waals surface area contributed by atoms with E-state index < -0.39 is 0 Å². The molecule has 160 valence electrons. The molecule has 6 heteroatoms. The lowest BCUT2D eigenvalue weighted by molar-refractivity contribution is -0.149. The van der Waals surface area contributed by atoms with Crippen molar-refractivity contribution in [1.82, 2.24) is 10.6 Å². The highest BCUT2D eigenvalue weighted by atomic mass is 19.1. The molecule has 5 atom stereocenters. The fraction of sp³-hybridized carbons (Fsp3) is 0.458. The summed E-state index contributed by atoms with van der Waals surface area (Å²) in [6.45, 7) is 0.512. The Hall–Kier alpha value is -2.44. The fourth-order valence-electron chi connectivity index (χ4n) is 5.11. The van der Waals surface area contributed by atoms with Crippen molar-refractivity contribution in [1.29, 1.82) is 0 Å². The van der Waals surface area contributed by atoms with Gasteiger partial charge >= 0.3 is 5.97 Å². The van der Waals surface area contributed by atoms with Crippen LogP contribution in [0.25, 0.3) is 0 Å². The highest BCUT2D eigenvalue weighted by Gasteiger charge is 2.46. The number of carbonyl (C=O) groups excluding carboxylic acids is 1. The number of methoxy groups -OCH3 is 2. The molecule has 4 rings (SSSR count). The number of carbonyl (C=O) groups is 1. The smallest absolute Gasteiger partial charge is 0.310 e. The normalized spacial score (nSPS) is 28.0. The number of benzene rings is 2. The third-order valence-corrected chi connectivity index (χ3v) is 6.58. The zero-order chi connectivity index (χ0) is 21.1. The van der Waals surface area contributed by atoms with Crippen LogP contribution in [0.4, 0.5) is 4.39 Å². The molecule has 30 heavy (non-hydrogen) atoms. The summed E-state index contributed by atoms with van der Waals surface area (Å²) in [6.07, 6.45) is 2.69. The van der Waals surface area contributed by atoms with E-state index >= 15 is 0 Å². The summed E-state index contributed by atoms with van der Waals surface area (Å²) in [4.78, 5) is 12.3. The van der Waals surface area contributed by atoms with E-state index in [1.807, 2.05) is 18.2 Å². The SMILES string of the molecule is COC(=O)C1CCC2CC1NC(c1ccccc1)C2NCc1cc(F)ccc1OC. The second-order valence-corrected chi connectivity index (χ2v) is 8.23. The number of esters is 1. The van der Waals surface area contributed by atoms with Crippen LogP contribution in [-0.4, -0.2) is 32.3 Å². The van der Waals surface area contributed by atoms with Gasteiger partial charge in [0.25, 0.3) is 0 Å². The molecule has 0 spiro atoms. The average Bonchev–Trinajstić information content (AvgIpc) is 2.78. The van der Waals surface area contributed by atoms with Crippen molar-refractivity contribution >= 4 is 5.97 Å². The summed E-state index contributed by atoms with van der Waals surface area (Å²) in [6, 6.07) is 15.2. The molecule has 5 unspecified atom stereocenters. The first kappa shape index (κ1) is 20.8. The number of ether oxygens (including phenoxy) is 2. The van der Waals surface area contributed by atoms with Crippen LogP contribution in [0.2, 0.25) is 0 Å². The molecule has 2 aromatic carbocycles. The van der Waals surface area contributed by atoms with E-state index in [-0.39, 0.29) is 35.8 Å². The molecule has 2 aliphatic rings. The number of halogens is 1. The molecule has 1 saturated carbocycles. The number of fused-ring (bicyclic) bond motifs is 2. The lowest BCUT2D eigenvalue weighted by Gasteiger charge is -2.49. The van der Waals surface area contributed by atoms with Crippen molar-refractivity contribution in [2.24, 2.45) is 11.8 Å². The van der Waals surface area contributed by atoms with E-state index in [2.05, 4.69) is 22.8 Å². The molecule has 0 amide bonds. The molecule has 1 heterocycles. The van der Waals surface area contributed by atoms with Crippen LogP contribution < -0.4 is 15.4 Å². The molecule has 1 aliphatic heterocycles. The molecule has 2 N–H and O–H groups in total. The van der Waals surface area contributed by atoms with Crippen LogP contribution in [0.5, 0.6) is 5.75 Å². The van der Waals surface area contributed by atoms with Crippen molar-refractivity contribution in [2.45, 2.75) is 43.9 Å². The van der Waals surface area contributed by atoms with Gasteiger partial charge in [0.15, 0.2) is 0 Å². The van der Waals surface area contributed by atoms with Crippen LogP contribution in [0.1, 0.15) is 36.4 Å². The van der Waals surface area contributed by atoms with Crippen LogP contribution in [0.15, 0.2) is 48.5 Å². The predicted molar refractivity (Wildman–Crippen MR) is 113 cm³/mol. The number of rotatable bonds is 6. The summed E-state index contributed by atoms with van der Waals surface area (Å²) in [5, 5.41) is 7.40. The molecule has 2 fully saturated rings. The molecule has 1 aliphatic carbocycles. The first-order valence-electron chi connectivity index (χ1n) is 10.6. The fourth-order valence-corrected chi connectivity index (χ4v) is 5.11. The first-order valence-corrected chi connectivity index (χ1v) is 10.6. The summed E-state index contributed by atoms with van der Waals surface area (Å²) >= 11 is 0. The van der Waals surface area contributed by atoms with Crippen LogP contribution in [0, 0.1) is 17.7 Å². The van der Waals surface area contributed by atoms with Gasteiger partial charge < -0.3 is 20.1 Å². The molecule has 0 aromatic heterocycles. The Morgan fingerprint density at radius 3 is 2.70 bits per heavy atom. The molecular formula is C24H29FN2O3. The molecule has 0 radical (unpaired) electrons. The van der Waals surface area contributed by atoms with E-state index in [1.165, 1.54) is 24.8 Å². The predicted octanol–water partition coefficient (Wildman–Crippen LogP) is 3.59. The second-order valence-electron chi connectivity index (χ2n) is 8.23. The van der Waals surface area contributed by atoms with Gasteiger partial charge in [-0.2, -0.15) is 0 Å². The van der Waals surface area contributed by atoms with Gasteiger partial charge in [-0.3, -0.25) is 4.79 Å². The Morgan fingerprint density at radius 2 is 1.97 bits per heavy atom. The van der Waals surface area contributed by atoms with E-state index in [4.69, 9.17) is 9.47 Å². The van der Waals surface area contributed by atoms with Crippen molar-refractivity contribution in [3.8, 4) is 5.75 Å². The zero-order valence-corrected chi connectivity index (χ0v) is 17.4. The van der Waals surface area contributed by atoms with Gasteiger partial charge in [-0.1, -0.05) is 30.3 Å². The molecule has 1 saturated heterocycles. The minimum absolute atomic E-state index is 0.0574. The van der Waals surface area contributed by atoms with E-state index in [1.54, 1.807) is 13.2 Å². The van der Waals surface area contributed by atoms with Gasteiger partial charge in [-0.05, 0) is 48.9 Å². The second kappa shape index (κ2) is 9.14. The van der Waals surface area contributed by atoms with E-state index in [0.717, 1.165) is 24.8 Å². The largest absolute Gasteiger partial charge is 0.496 e. The monoisotopic (exact) mass is 412 g/mol. The topological polar surface area (TPSA) is 59.6 Å². The standard InChI is InChI=1S/C24H29FN2O3/c1-29-21-11-9-18(25)12-17(21)14-26-22-16-8-10-19(24(28)30-2)20(13-16)27-23(22)15-6-4-3-5-7-15/h3-7,9,11-12,16,19-20,22-23,26-27H,8,10,13-14H2,1-2H3. The maximum absolute atomic E-state index is 13.8. The lowest BCUT2D eigenvalue weighted by atomic mass is 9.69. The van der Waals surface area contributed by atoms with E-state index in [9.17, 15) is 9.18 Å². The Morgan fingerprint density at radius 1 is 1.17 bits per heavy atom. The van der Waals surface area contributed by atoms with Gasteiger partial charge in [0.1, 0.15) is 11.6 Å². The van der Waals surface area contributed by atoms with Crippen LogP contribution in [0.3, 0.4) is 0 Å². The highest BCUT2D eigenvalue weighted by molar-refractivity contribution is 5.73. The Kier molecular flexibility index (Phi) is 6.35. The molecule has 2 aromatic rings. The third kappa shape index (κ3) is 4.20. The molecular weight excluding hydrogens is 383 g/mol. The van der Waals surface area contributed by atoms with E-state index in [0.29, 0.717) is 18.2 Å². The quantitative estimate of drug-likeness (QED) is 0.710. The lowest BCUT2D eigenvalue weighted by Crippen LogP contribution is -2.60. The Balaban J connectivity index is 1.58. The summed E-state index contributed by atoms with van der Waals surface area (Å²) < 4.78 is 24.3. The summed E-state index contributed by atoms with van der Waals surface area (Å²) in [5.74, 6) is 0.584. The maximum atomic E-state index is 13.8. The average molecular weight is 413 g/mol. The minimum Gasteiger partial charge on any atom is -0.496 e. The first-order chi connectivity index (χ1) is 14.6. The highest BCUT2D eigenvalue weighted by Crippen LogP contribution is 2.41. The number of nitrogens with one attached hydrogen (secondary N) is 2. The van der Waals surface area contributed by atoms with Crippen molar-refractivity contribution in [3.05, 3.63) is 65.5 Å². The Labute approximate surface area is 177 Å². The van der Waals surface area contributed by atoms with Gasteiger partial charge in [0, 0.05) is 30.2 Å². The van der Waals surface area contributed by atoms with Crippen LogP contribution >= 0.6 is 0 Å². The van der Waals surface area contributed by atoms with Gasteiger partial charge in [-0.25, -0.2) is 4.39 Å². The minimum atomic E-state index is -0.271. The van der Waals surface area contributed by atoms with Crippen molar-refractivity contribution in [2.75, 3.05) is 14.2 Å². The third-order valence-electron chi connectivity index (χ3n) is 6.58. The molecule has 5 nitrogen and oxygen atoms in total. The van der Waals surface area contributed by atoms with Gasteiger partial charge in [-0.15, -0.1) is 0 Å². The number of piperidine rings is 1. The molecule has 2 bridgehead atoms. The Bertz CT molecular complexity index is 876.